The average Bonchev–Trinajstić information content (AvgIpc) is 3.82. The molecular weight excluding hydrogens is 681 g/mol. The fraction of sp³-hybridized carbons (Fsp3) is 0.0526. The van der Waals surface area contributed by atoms with Gasteiger partial charge in [-0.3, -0.25) is 0 Å². The Bertz CT molecular complexity index is 1710. The quantitative estimate of drug-likeness (QED) is 0.141. The van der Waals surface area contributed by atoms with E-state index >= 15 is 0 Å². The van der Waals surface area contributed by atoms with Gasteiger partial charge in [-0.15, -0.1) is 0 Å². The maximum Gasteiger partial charge on any atom is 0.231 e. The van der Waals surface area contributed by atoms with Gasteiger partial charge in [0.2, 0.25) is 13.6 Å². The number of rotatable bonds is 7. The molecule has 0 N–H and O–H groups in total. The Morgan fingerprint density at radius 2 is 0.696 bits per heavy atom. The Balaban J connectivity index is 0.00000166. The average molecular weight is 712 g/mol. The van der Waals surface area contributed by atoms with Crippen LogP contribution in [0.3, 0.4) is 0 Å². The van der Waals surface area contributed by atoms with E-state index in [9.17, 15) is 0 Å². The number of ether oxygens (including phenoxy) is 4. The summed E-state index contributed by atoms with van der Waals surface area (Å²) in [6, 6.07) is 51.9. The van der Waals surface area contributed by atoms with Crippen molar-refractivity contribution in [2.45, 2.75) is 0 Å². The zero-order valence-electron chi connectivity index (χ0n) is 24.6. The van der Waals surface area contributed by atoms with Crippen molar-refractivity contribution < 1.29 is 34.0 Å². The first-order valence-corrected chi connectivity index (χ1v) is 19.1. The predicted octanol–water partition coefficient (Wildman–Crippen LogP) is 6.48. The number of hydrogen-bond donors (Lipinski definition) is 0. The van der Waals surface area contributed by atoms with E-state index in [1.54, 1.807) is 0 Å². The molecule has 2 aliphatic heterocycles. The summed E-state index contributed by atoms with van der Waals surface area (Å²) >= 11 is 3.66. The summed E-state index contributed by atoms with van der Waals surface area (Å²) in [6.07, 6.45) is 0. The third-order valence-electron chi connectivity index (χ3n) is 8.12. The first-order valence-electron chi connectivity index (χ1n) is 14.8. The molecule has 4 nitrogen and oxygen atoms in total. The predicted molar refractivity (Wildman–Crippen MR) is 190 cm³/mol. The van der Waals surface area contributed by atoms with E-state index in [1.807, 2.05) is 0 Å². The van der Waals surface area contributed by atoms with Crippen LogP contribution in [0, 0.1) is 0 Å². The first kappa shape index (κ1) is 30.8. The Kier molecular flexibility index (Phi) is 9.59. The van der Waals surface area contributed by atoms with Crippen LogP contribution in [-0.4, -0.2) is 13.6 Å². The van der Waals surface area contributed by atoms with Crippen LogP contribution < -0.4 is 50.8 Å². The van der Waals surface area contributed by atoms with E-state index in [2.05, 4.69) is 171 Å². The second-order valence-electron chi connectivity index (χ2n) is 10.7. The van der Waals surface area contributed by atoms with Crippen molar-refractivity contribution in [2.24, 2.45) is 0 Å². The number of fused-ring (bicyclic) bond motifs is 2. The summed E-state index contributed by atoms with van der Waals surface area (Å²) < 4.78 is 24.8. The molecular formula is C38H30ClCuO4P2+2. The molecule has 8 heteroatoms. The second kappa shape index (κ2) is 14.3. The number of hydrogen-bond acceptors (Lipinski definition) is 4. The molecule has 232 valence electrons. The van der Waals surface area contributed by atoms with Crippen molar-refractivity contribution in [1.29, 1.82) is 0 Å². The van der Waals surface area contributed by atoms with Crippen LogP contribution >= 0.6 is 25.9 Å². The van der Waals surface area contributed by atoms with Crippen molar-refractivity contribution in [1.82, 2.24) is 0 Å². The van der Waals surface area contributed by atoms with Crippen molar-refractivity contribution in [3.05, 3.63) is 146 Å². The monoisotopic (exact) mass is 710 g/mol. The van der Waals surface area contributed by atoms with Crippen LogP contribution in [-0.2, 0) is 15.1 Å². The van der Waals surface area contributed by atoms with Crippen LogP contribution in [0.4, 0.5) is 0 Å². The molecule has 8 rings (SSSR count). The van der Waals surface area contributed by atoms with Crippen molar-refractivity contribution in [3.8, 4) is 34.1 Å². The summed E-state index contributed by atoms with van der Waals surface area (Å²) in [5.74, 6) is 3.04. The minimum atomic E-state index is -1.48. The van der Waals surface area contributed by atoms with Gasteiger partial charge in [0.1, 0.15) is 31.8 Å². The van der Waals surface area contributed by atoms with E-state index in [-0.39, 0.29) is 13.6 Å². The van der Waals surface area contributed by atoms with Gasteiger partial charge in [-0.05, 0) is 72.8 Å². The molecule has 0 atom stereocenters. The largest absolute Gasteiger partial charge is 0.454 e. The summed E-state index contributed by atoms with van der Waals surface area (Å²) in [6.45, 7) is 0.364. The van der Waals surface area contributed by atoms with Crippen LogP contribution in [0.5, 0.6) is 23.0 Å². The number of benzene rings is 6. The molecule has 0 saturated heterocycles. The van der Waals surface area contributed by atoms with Gasteiger partial charge in [0.15, 0.2) is 23.0 Å². The molecule has 0 spiro atoms. The van der Waals surface area contributed by atoms with Crippen molar-refractivity contribution in [3.63, 3.8) is 0 Å². The Morgan fingerprint density at radius 1 is 0.391 bits per heavy atom. The van der Waals surface area contributed by atoms with Crippen molar-refractivity contribution in [2.75, 3.05) is 13.6 Å². The fourth-order valence-corrected chi connectivity index (χ4v) is 11.7. The van der Waals surface area contributed by atoms with Gasteiger partial charge in [-0.2, -0.15) is 0 Å². The maximum atomic E-state index is 6.36. The molecule has 0 radical (unpaired) electrons. The van der Waals surface area contributed by atoms with E-state index < -0.39 is 15.8 Å². The molecule has 0 bridgehead atoms. The van der Waals surface area contributed by atoms with Gasteiger partial charge in [0.25, 0.3) is 0 Å². The summed E-state index contributed by atoms with van der Waals surface area (Å²) in [4.78, 5) is 0. The Labute approximate surface area is 283 Å². The molecule has 0 saturated carbocycles. The minimum Gasteiger partial charge on any atom is -0.454 e. The molecule has 0 fully saturated rings. The summed E-state index contributed by atoms with van der Waals surface area (Å²) in [7, 11) is 1.24. The van der Waals surface area contributed by atoms with E-state index in [4.69, 9.17) is 18.9 Å². The van der Waals surface area contributed by atoms with Gasteiger partial charge < -0.3 is 18.9 Å². The van der Waals surface area contributed by atoms with Gasteiger partial charge >= 0.3 is 25.2 Å². The zero-order chi connectivity index (χ0) is 31.3. The fourth-order valence-electron chi connectivity index (χ4n) is 6.23. The van der Waals surface area contributed by atoms with Crippen LogP contribution in [0.1, 0.15) is 0 Å². The van der Waals surface area contributed by atoms with Crippen LogP contribution in [0.25, 0.3) is 11.1 Å². The normalized spacial score (nSPS) is 12.6. The zero-order valence-corrected chi connectivity index (χ0v) is 28.3. The standard InChI is InChI=1S/C38H28O4P2.ClH.Cu/c1-5-13-27(14-6-1)43(28-15-7-2-8-16-28)33-23-21-31-37(41-25-39-31)35(33)36-34(24-22-32-38(36)42-26-40-32)44(29-17-9-3-10-18-29)30-19-11-4-12-20-30;;/h1-24H,25-26H2;1H;/q;;+1/p+1. The third kappa shape index (κ3) is 5.91. The van der Waals surface area contributed by atoms with E-state index in [1.165, 1.54) is 31.8 Å². The molecule has 2 heterocycles. The van der Waals surface area contributed by atoms with Crippen LogP contribution in [0.15, 0.2) is 146 Å². The van der Waals surface area contributed by atoms with E-state index in [0.29, 0.717) is 0 Å². The molecule has 6 aromatic carbocycles. The Hall–Kier alpha value is -3.81. The summed E-state index contributed by atoms with van der Waals surface area (Å²) in [5, 5.41) is 7.64. The number of halogens is 1. The first-order chi connectivity index (χ1) is 22.9. The van der Waals surface area contributed by atoms with Gasteiger partial charge in [0, 0.05) is 0 Å². The second-order valence-corrected chi connectivity index (χ2v) is 15.5. The van der Waals surface area contributed by atoms with Gasteiger partial charge in [-0.1, -0.05) is 72.8 Å². The molecule has 6 aromatic rings. The summed E-state index contributed by atoms with van der Waals surface area (Å²) in [5.41, 5.74) is 2.07. The third-order valence-corrected chi connectivity index (χ3v) is 13.7. The van der Waals surface area contributed by atoms with Crippen molar-refractivity contribution >= 4 is 57.8 Å². The molecule has 0 unspecified atom stereocenters. The maximum absolute atomic E-state index is 6.36. The Morgan fingerprint density at radius 3 is 1.00 bits per heavy atom. The molecule has 46 heavy (non-hydrogen) atoms. The van der Waals surface area contributed by atoms with Gasteiger partial charge in [0.05, 0.1) is 27.0 Å². The van der Waals surface area contributed by atoms with Gasteiger partial charge in [-0.25, -0.2) is 0 Å². The molecule has 0 aliphatic carbocycles. The minimum absolute atomic E-state index is 0.182. The van der Waals surface area contributed by atoms with Crippen LogP contribution in [0.2, 0.25) is 0 Å². The van der Waals surface area contributed by atoms with E-state index in [0.717, 1.165) is 34.1 Å². The molecule has 2 aliphatic rings. The smallest absolute Gasteiger partial charge is 0.231 e. The molecule has 0 aromatic heterocycles. The SMILES string of the molecule is [Cl][Cu].c1ccc([PH+](c2ccccc2)c2ccc3c(c2-c2c([PH+](c4ccccc4)c4ccccc4)ccc4c2OCO4)OCO3)cc1. The topological polar surface area (TPSA) is 36.9 Å². The molecule has 0 amide bonds.